The van der Waals surface area contributed by atoms with Crippen LogP contribution in [0.3, 0.4) is 0 Å². The molecule has 0 amide bonds. The van der Waals surface area contributed by atoms with Crippen molar-refractivity contribution in [3.05, 3.63) is 34.6 Å². The third kappa shape index (κ3) is 2.24. The molecule has 0 aliphatic rings. The Kier molecular flexibility index (Phi) is 2.97. The molecular formula is C8H5ClFS. The van der Waals surface area contributed by atoms with Gasteiger partial charge < -0.3 is 0 Å². The molecule has 0 atom stereocenters. The predicted molar refractivity (Wildman–Crippen MR) is 47.7 cm³/mol. The number of hydrogen-bond acceptors (Lipinski definition) is 1. The number of hydrogen-bond donors (Lipinski definition) is 0. The molecule has 1 aromatic carbocycles. The smallest absolute Gasteiger partial charge is 0.141 e. The third-order valence-corrected chi connectivity index (χ3v) is 1.69. The first kappa shape index (κ1) is 8.62. The van der Waals surface area contributed by atoms with Gasteiger partial charge in [-0.05, 0) is 17.7 Å². The average molecular weight is 188 g/mol. The Morgan fingerprint density at radius 3 is 2.82 bits per heavy atom. The van der Waals surface area contributed by atoms with Crippen LogP contribution in [-0.2, 0) is 6.42 Å². The molecule has 0 saturated heterocycles. The molecule has 3 heteroatoms. The Hall–Kier alpha value is -0.470. The molecule has 0 heterocycles. The summed E-state index contributed by atoms with van der Waals surface area (Å²) in [7, 11) is 0. The predicted octanol–water partition coefficient (Wildman–Crippen LogP) is 2.90. The van der Waals surface area contributed by atoms with E-state index in [1.165, 1.54) is 6.07 Å². The van der Waals surface area contributed by atoms with Crippen LogP contribution >= 0.6 is 23.8 Å². The number of halogens is 2. The maximum atomic E-state index is 12.6. The summed E-state index contributed by atoms with van der Waals surface area (Å²) in [6.45, 7) is 0. The van der Waals surface area contributed by atoms with Gasteiger partial charge >= 0.3 is 0 Å². The number of thiocarbonyl (C=S) groups is 1. The van der Waals surface area contributed by atoms with Gasteiger partial charge in [0.25, 0.3) is 0 Å². The van der Waals surface area contributed by atoms with Crippen molar-refractivity contribution in [2.45, 2.75) is 6.42 Å². The minimum Gasteiger partial charge on any atom is -0.205 e. The number of rotatable bonds is 2. The summed E-state index contributed by atoms with van der Waals surface area (Å²) in [5.41, 5.74) is 0.881. The molecular weight excluding hydrogens is 183 g/mol. The van der Waals surface area contributed by atoms with Crippen molar-refractivity contribution in [1.82, 2.24) is 0 Å². The fourth-order valence-corrected chi connectivity index (χ4v) is 1.10. The van der Waals surface area contributed by atoms with Crippen LogP contribution in [0.5, 0.6) is 0 Å². The van der Waals surface area contributed by atoms with E-state index in [9.17, 15) is 4.39 Å². The zero-order chi connectivity index (χ0) is 8.27. The molecule has 0 spiro atoms. The van der Waals surface area contributed by atoms with Gasteiger partial charge in [0.05, 0.1) is 5.02 Å². The third-order valence-electron chi connectivity index (χ3n) is 1.26. The van der Waals surface area contributed by atoms with Crippen molar-refractivity contribution in [1.29, 1.82) is 0 Å². The highest BCUT2D eigenvalue weighted by Crippen LogP contribution is 2.15. The first-order chi connectivity index (χ1) is 5.24. The lowest BCUT2D eigenvalue weighted by Gasteiger charge is -1.96. The molecule has 0 aliphatic heterocycles. The monoisotopic (exact) mass is 187 g/mol. The largest absolute Gasteiger partial charge is 0.205 e. The van der Waals surface area contributed by atoms with E-state index in [4.69, 9.17) is 11.6 Å². The van der Waals surface area contributed by atoms with E-state index in [0.717, 1.165) is 5.56 Å². The molecule has 0 aromatic heterocycles. The molecule has 0 unspecified atom stereocenters. The van der Waals surface area contributed by atoms with E-state index < -0.39 is 5.82 Å². The minimum atomic E-state index is -0.403. The Labute approximate surface area is 75.0 Å². The van der Waals surface area contributed by atoms with Crippen molar-refractivity contribution < 1.29 is 4.39 Å². The summed E-state index contributed by atoms with van der Waals surface area (Å²) in [4.78, 5) is 0. The maximum Gasteiger partial charge on any atom is 0.141 e. The molecule has 0 N–H and O–H groups in total. The molecule has 0 aliphatic carbocycles. The highest BCUT2D eigenvalue weighted by Gasteiger charge is 1.98. The van der Waals surface area contributed by atoms with E-state index in [0.29, 0.717) is 6.42 Å². The van der Waals surface area contributed by atoms with E-state index >= 15 is 0 Å². The molecule has 11 heavy (non-hydrogen) atoms. The molecule has 57 valence electrons. The normalized spacial score (nSPS) is 9.64. The molecule has 0 fully saturated rings. The molecule has 1 aromatic rings. The van der Waals surface area contributed by atoms with Gasteiger partial charge in [-0.3, -0.25) is 0 Å². The fraction of sp³-hybridized carbons (Fsp3) is 0.125. The van der Waals surface area contributed by atoms with Crippen molar-refractivity contribution in [2.24, 2.45) is 0 Å². The van der Waals surface area contributed by atoms with Crippen LogP contribution in [0.2, 0.25) is 5.02 Å². The van der Waals surface area contributed by atoms with Crippen LogP contribution in [0.15, 0.2) is 18.2 Å². The Morgan fingerprint density at radius 2 is 2.27 bits per heavy atom. The zero-order valence-corrected chi connectivity index (χ0v) is 7.18. The quantitative estimate of drug-likeness (QED) is 0.642. The summed E-state index contributed by atoms with van der Waals surface area (Å²) in [6, 6.07) is 4.51. The lowest BCUT2D eigenvalue weighted by molar-refractivity contribution is 0.628. The van der Waals surface area contributed by atoms with Gasteiger partial charge in [0.2, 0.25) is 0 Å². The molecule has 0 saturated carbocycles. The minimum absolute atomic E-state index is 0.132. The second-order valence-corrected chi connectivity index (χ2v) is 2.77. The van der Waals surface area contributed by atoms with Gasteiger partial charge in [0, 0.05) is 11.8 Å². The second kappa shape index (κ2) is 3.79. The van der Waals surface area contributed by atoms with Gasteiger partial charge in [0.1, 0.15) is 5.82 Å². The lowest BCUT2D eigenvalue weighted by atomic mass is 10.2. The van der Waals surface area contributed by atoms with E-state index in [-0.39, 0.29) is 5.02 Å². The first-order valence-electron chi connectivity index (χ1n) is 3.03. The Bertz CT molecular complexity index is 273. The SMILES string of the molecule is Fc1ccc(C[C]=S)cc1Cl. The molecule has 1 radical (unpaired) electrons. The summed E-state index contributed by atoms with van der Waals surface area (Å²) >= 11 is 10.0. The highest BCUT2D eigenvalue weighted by atomic mass is 35.5. The van der Waals surface area contributed by atoms with Gasteiger partial charge in [-0.25, -0.2) is 4.39 Å². The molecule has 0 nitrogen and oxygen atoms in total. The van der Waals surface area contributed by atoms with Crippen molar-refractivity contribution in [3.63, 3.8) is 0 Å². The van der Waals surface area contributed by atoms with E-state index in [1.54, 1.807) is 12.1 Å². The van der Waals surface area contributed by atoms with Crippen LogP contribution in [0.4, 0.5) is 4.39 Å². The van der Waals surface area contributed by atoms with E-state index in [2.05, 4.69) is 17.6 Å². The van der Waals surface area contributed by atoms with Gasteiger partial charge in [0.15, 0.2) is 0 Å². The summed E-state index contributed by atoms with van der Waals surface area (Å²) in [5, 5.41) is 2.67. The van der Waals surface area contributed by atoms with Crippen LogP contribution < -0.4 is 0 Å². The van der Waals surface area contributed by atoms with Crippen molar-refractivity contribution in [3.8, 4) is 0 Å². The topological polar surface area (TPSA) is 0 Å². The molecule has 1 rings (SSSR count). The summed E-state index contributed by atoms with van der Waals surface area (Å²) < 4.78 is 12.6. The van der Waals surface area contributed by atoms with Crippen molar-refractivity contribution >= 4 is 29.2 Å². The standard InChI is InChI=1S/C8H5ClFS/c9-7-5-6(3-4-11)1-2-8(7)10/h1-2,5H,3H2. The Balaban J connectivity index is 2.95. The summed E-state index contributed by atoms with van der Waals surface area (Å²) in [5.74, 6) is -0.403. The van der Waals surface area contributed by atoms with Gasteiger partial charge in [-0.2, -0.15) is 0 Å². The Morgan fingerprint density at radius 1 is 1.55 bits per heavy atom. The highest BCUT2D eigenvalue weighted by molar-refractivity contribution is 7.78. The summed E-state index contributed by atoms with van der Waals surface area (Å²) in [6.07, 6.45) is 0.523. The fourth-order valence-electron chi connectivity index (χ4n) is 0.733. The second-order valence-electron chi connectivity index (χ2n) is 2.07. The van der Waals surface area contributed by atoms with Crippen molar-refractivity contribution in [2.75, 3.05) is 0 Å². The number of benzene rings is 1. The maximum absolute atomic E-state index is 12.6. The first-order valence-corrected chi connectivity index (χ1v) is 3.81. The van der Waals surface area contributed by atoms with Crippen LogP contribution in [-0.4, -0.2) is 5.37 Å². The molecule has 0 bridgehead atoms. The van der Waals surface area contributed by atoms with Crippen LogP contribution in [0, 0.1) is 5.82 Å². The zero-order valence-electron chi connectivity index (χ0n) is 5.60. The lowest BCUT2D eigenvalue weighted by Crippen LogP contribution is -1.85. The van der Waals surface area contributed by atoms with Crippen LogP contribution in [0.1, 0.15) is 5.56 Å². The van der Waals surface area contributed by atoms with Crippen LogP contribution in [0.25, 0.3) is 0 Å². The van der Waals surface area contributed by atoms with Gasteiger partial charge in [-0.15, -0.1) is 0 Å². The van der Waals surface area contributed by atoms with Gasteiger partial charge in [-0.1, -0.05) is 29.9 Å². The van der Waals surface area contributed by atoms with E-state index in [1.807, 2.05) is 0 Å². The average Bonchev–Trinajstić information content (AvgIpc) is 1.98.